The van der Waals surface area contributed by atoms with E-state index in [0.717, 1.165) is 18.4 Å². The third kappa shape index (κ3) is 6.94. The molecule has 0 aliphatic heterocycles. The molecule has 0 fully saturated rings. The molecule has 0 radical (unpaired) electrons. The van der Waals surface area contributed by atoms with Gasteiger partial charge >= 0.3 is 0 Å². The Morgan fingerprint density at radius 1 is 1.11 bits per heavy atom. The van der Waals surface area contributed by atoms with Crippen LogP contribution in [0.15, 0.2) is 47.6 Å². The lowest BCUT2D eigenvalue weighted by atomic mass is 10.2. The molecule has 6 heteroatoms. The second-order valence-electron chi connectivity index (χ2n) is 6.03. The standard InChI is InChI=1S/C21H25ClN2O3/c1-3-4-5-6-13-27-19-12-7-16(14-20(19)26-2)15-23-24-21(25)17-8-10-18(22)11-9-17/h7-12,14-15H,3-6,13H2,1-2H3,(H,24,25)/b23-15+. The van der Waals surface area contributed by atoms with Crippen LogP contribution in [-0.4, -0.2) is 25.8 Å². The minimum atomic E-state index is -0.304. The fourth-order valence-electron chi connectivity index (χ4n) is 2.43. The number of nitrogens with zero attached hydrogens (tertiary/aromatic N) is 1. The lowest BCUT2D eigenvalue weighted by Gasteiger charge is -2.11. The van der Waals surface area contributed by atoms with E-state index in [0.29, 0.717) is 28.7 Å². The molecular weight excluding hydrogens is 364 g/mol. The summed E-state index contributed by atoms with van der Waals surface area (Å²) in [6.45, 7) is 2.85. The molecule has 2 rings (SSSR count). The van der Waals surface area contributed by atoms with E-state index < -0.39 is 0 Å². The predicted molar refractivity (Wildman–Crippen MR) is 109 cm³/mol. The molecule has 2 aromatic carbocycles. The molecule has 0 saturated carbocycles. The van der Waals surface area contributed by atoms with Crippen molar-refractivity contribution in [2.75, 3.05) is 13.7 Å². The van der Waals surface area contributed by atoms with E-state index in [2.05, 4.69) is 17.5 Å². The Hall–Kier alpha value is -2.53. The molecule has 0 saturated heterocycles. The van der Waals surface area contributed by atoms with Gasteiger partial charge < -0.3 is 9.47 Å². The van der Waals surface area contributed by atoms with Crippen LogP contribution in [0.1, 0.15) is 48.5 Å². The van der Waals surface area contributed by atoms with Crippen molar-refractivity contribution < 1.29 is 14.3 Å². The minimum Gasteiger partial charge on any atom is -0.493 e. The highest BCUT2D eigenvalue weighted by Crippen LogP contribution is 2.27. The third-order valence-electron chi connectivity index (χ3n) is 3.93. The van der Waals surface area contributed by atoms with Gasteiger partial charge in [-0.2, -0.15) is 5.10 Å². The highest BCUT2D eigenvalue weighted by molar-refractivity contribution is 6.30. The van der Waals surface area contributed by atoms with Crippen molar-refractivity contribution in [3.05, 3.63) is 58.6 Å². The molecule has 0 bridgehead atoms. The fraction of sp³-hybridized carbons (Fsp3) is 0.333. The average Bonchev–Trinajstić information content (AvgIpc) is 2.69. The van der Waals surface area contributed by atoms with Crippen molar-refractivity contribution in [1.82, 2.24) is 5.43 Å². The van der Waals surface area contributed by atoms with Crippen LogP contribution in [0.5, 0.6) is 11.5 Å². The third-order valence-corrected chi connectivity index (χ3v) is 4.18. The summed E-state index contributed by atoms with van der Waals surface area (Å²) in [5.41, 5.74) is 3.77. The fourth-order valence-corrected chi connectivity index (χ4v) is 2.55. The molecular formula is C21H25ClN2O3. The first-order chi connectivity index (χ1) is 13.1. The largest absolute Gasteiger partial charge is 0.493 e. The lowest BCUT2D eigenvalue weighted by Crippen LogP contribution is -2.17. The van der Waals surface area contributed by atoms with Gasteiger partial charge in [0.2, 0.25) is 0 Å². The van der Waals surface area contributed by atoms with Gasteiger partial charge in [0.15, 0.2) is 11.5 Å². The van der Waals surface area contributed by atoms with Gasteiger partial charge in [-0.15, -0.1) is 0 Å². The lowest BCUT2D eigenvalue weighted by molar-refractivity contribution is 0.0955. The molecule has 1 amide bonds. The number of amides is 1. The molecule has 0 aliphatic carbocycles. The van der Waals surface area contributed by atoms with E-state index in [9.17, 15) is 4.79 Å². The van der Waals surface area contributed by atoms with Crippen molar-refractivity contribution >= 4 is 23.7 Å². The number of rotatable bonds is 10. The molecule has 2 aromatic rings. The van der Waals surface area contributed by atoms with Crippen molar-refractivity contribution in [3.63, 3.8) is 0 Å². The summed E-state index contributed by atoms with van der Waals surface area (Å²) in [5.74, 6) is 1.04. The van der Waals surface area contributed by atoms with Gasteiger partial charge in [0.05, 0.1) is 19.9 Å². The minimum absolute atomic E-state index is 0.304. The van der Waals surface area contributed by atoms with Gasteiger partial charge in [-0.25, -0.2) is 5.43 Å². The summed E-state index contributed by atoms with van der Waals surface area (Å²) in [6.07, 6.45) is 6.17. The quantitative estimate of drug-likeness (QED) is 0.351. The van der Waals surface area contributed by atoms with Crippen LogP contribution in [0.4, 0.5) is 0 Å². The molecule has 144 valence electrons. The summed E-state index contributed by atoms with van der Waals surface area (Å²) in [4.78, 5) is 12.0. The van der Waals surface area contributed by atoms with E-state index in [1.54, 1.807) is 37.6 Å². The monoisotopic (exact) mass is 388 g/mol. The van der Waals surface area contributed by atoms with Crippen molar-refractivity contribution in [3.8, 4) is 11.5 Å². The molecule has 0 spiro atoms. The maximum atomic E-state index is 12.0. The zero-order valence-corrected chi connectivity index (χ0v) is 16.5. The van der Waals surface area contributed by atoms with Gasteiger partial charge in [0.25, 0.3) is 5.91 Å². The molecule has 27 heavy (non-hydrogen) atoms. The number of benzene rings is 2. The summed E-state index contributed by atoms with van der Waals surface area (Å²) in [6, 6.07) is 12.1. The van der Waals surface area contributed by atoms with Crippen molar-refractivity contribution in [2.45, 2.75) is 32.6 Å². The second-order valence-corrected chi connectivity index (χ2v) is 6.46. The number of hydrazone groups is 1. The first-order valence-corrected chi connectivity index (χ1v) is 9.41. The Morgan fingerprint density at radius 2 is 1.89 bits per heavy atom. The highest BCUT2D eigenvalue weighted by atomic mass is 35.5. The van der Waals surface area contributed by atoms with Crippen LogP contribution in [0.2, 0.25) is 5.02 Å². The number of carbonyl (C=O) groups excluding carboxylic acids is 1. The predicted octanol–water partition coefficient (Wildman–Crippen LogP) is 5.07. The van der Waals surface area contributed by atoms with Crippen molar-refractivity contribution in [1.29, 1.82) is 0 Å². The van der Waals surface area contributed by atoms with Gasteiger partial charge in [-0.05, 0) is 54.4 Å². The topological polar surface area (TPSA) is 59.9 Å². The Kier molecular flexibility index (Phi) is 8.65. The highest BCUT2D eigenvalue weighted by Gasteiger charge is 2.06. The SMILES string of the molecule is CCCCCCOc1ccc(/C=N/NC(=O)c2ccc(Cl)cc2)cc1OC. The van der Waals surface area contributed by atoms with Gasteiger partial charge in [-0.3, -0.25) is 4.79 Å². The second kappa shape index (κ2) is 11.2. The molecule has 0 atom stereocenters. The van der Waals surface area contributed by atoms with Gasteiger partial charge in [0.1, 0.15) is 0 Å². The summed E-state index contributed by atoms with van der Waals surface area (Å²) in [5, 5.41) is 4.57. The Balaban J connectivity index is 1.91. The smallest absolute Gasteiger partial charge is 0.271 e. The van der Waals surface area contributed by atoms with E-state index in [1.165, 1.54) is 12.8 Å². The van der Waals surface area contributed by atoms with Crippen LogP contribution in [-0.2, 0) is 0 Å². The van der Waals surface area contributed by atoms with Crippen LogP contribution < -0.4 is 14.9 Å². The van der Waals surface area contributed by atoms with E-state index in [-0.39, 0.29) is 5.91 Å². The number of methoxy groups -OCH3 is 1. The van der Waals surface area contributed by atoms with E-state index in [4.69, 9.17) is 21.1 Å². The van der Waals surface area contributed by atoms with Crippen LogP contribution in [0, 0.1) is 0 Å². The Bertz CT molecular complexity index is 761. The molecule has 0 aliphatic rings. The Labute approximate surface area is 165 Å². The number of ether oxygens (including phenoxy) is 2. The Morgan fingerprint density at radius 3 is 2.59 bits per heavy atom. The van der Waals surface area contributed by atoms with Crippen molar-refractivity contribution in [2.24, 2.45) is 5.10 Å². The number of halogens is 1. The number of hydrogen-bond donors (Lipinski definition) is 1. The molecule has 5 nitrogen and oxygen atoms in total. The number of nitrogens with one attached hydrogen (secondary N) is 1. The summed E-state index contributed by atoms with van der Waals surface area (Å²) < 4.78 is 11.2. The maximum absolute atomic E-state index is 12.0. The zero-order valence-electron chi connectivity index (χ0n) is 15.7. The van der Waals surface area contributed by atoms with Crippen LogP contribution >= 0.6 is 11.6 Å². The first-order valence-electron chi connectivity index (χ1n) is 9.04. The number of hydrogen-bond acceptors (Lipinski definition) is 4. The summed E-state index contributed by atoms with van der Waals surface area (Å²) in [7, 11) is 1.60. The molecule has 0 aromatic heterocycles. The molecule has 0 heterocycles. The maximum Gasteiger partial charge on any atom is 0.271 e. The summed E-state index contributed by atoms with van der Waals surface area (Å²) >= 11 is 5.81. The molecule has 1 N–H and O–H groups in total. The van der Waals surface area contributed by atoms with Gasteiger partial charge in [0, 0.05) is 10.6 Å². The van der Waals surface area contributed by atoms with Gasteiger partial charge in [-0.1, -0.05) is 37.8 Å². The van der Waals surface area contributed by atoms with Crippen LogP contribution in [0.25, 0.3) is 0 Å². The van der Waals surface area contributed by atoms with E-state index in [1.807, 2.05) is 18.2 Å². The average molecular weight is 389 g/mol. The number of unbranched alkanes of at least 4 members (excludes halogenated alkanes) is 3. The molecule has 0 unspecified atom stereocenters. The van der Waals surface area contributed by atoms with E-state index >= 15 is 0 Å². The first kappa shape index (κ1) is 20.8. The number of carbonyl (C=O) groups is 1. The zero-order chi connectivity index (χ0) is 19.5. The van der Waals surface area contributed by atoms with Crippen LogP contribution in [0.3, 0.4) is 0 Å². The normalized spacial score (nSPS) is 10.8.